The Morgan fingerprint density at radius 3 is 2.29 bits per heavy atom. The number of Topliss-reactive ketones (excluding diaryl/α,β-unsaturated/α-hetero) is 1. The summed E-state index contributed by atoms with van der Waals surface area (Å²) in [5.41, 5.74) is 2.48. The third kappa shape index (κ3) is 6.34. The van der Waals surface area contributed by atoms with E-state index in [1.54, 1.807) is 13.2 Å². The van der Waals surface area contributed by atoms with Gasteiger partial charge in [-0.3, -0.25) is 9.59 Å². The standard InChI is InChI=1S/C23H31NO3Si/c1-6-9-22(25)21(16-28(3,4)5)24-23(26)19-12-7-10-17(14-19)18-11-8-13-20(15-18)27-2/h7-8,10-15,21H,6,9,16H2,1-5H3,(H,24,26)/t21-/m0/s1. The minimum atomic E-state index is -1.50. The topological polar surface area (TPSA) is 55.4 Å². The SMILES string of the molecule is CCCC(=O)[C@H](C[Si](C)(C)C)NC(=O)c1cccc(-c2cccc(OC)c2)c1. The van der Waals surface area contributed by atoms with Gasteiger partial charge in [0.25, 0.3) is 5.91 Å². The lowest BCUT2D eigenvalue weighted by atomic mass is 10.0. The van der Waals surface area contributed by atoms with Crippen molar-refractivity contribution in [2.45, 2.75) is 51.5 Å². The van der Waals surface area contributed by atoms with Crippen molar-refractivity contribution in [3.05, 3.63) is 54.1 Å². The smallest absolute Gasteiger partial charge is 0.251 e. The van der Waals surface area contributed by atoms with Crippen LogP contribution in [0.3, 0.4) is 0 Å². The zero-order valence-corrected chi connectivity index (χ0v) is 18.5. The van der Waals surface area contributed by atoms with E-state index < -0.39 is 14.1 Å². The molecule has 1 amide bonds. The second-order valence-corrected chi connectivity index (χ2v) is 13.8. The highest BCUT2D eigenvalue weighted by molar-refractivity contribution is 6.76. The summed E-state index contributed by atoms with van der Waals surface area (Å²) in [4.78, 5) is 25.4. The molecule has 5 heteroatoms. The van der Waals surface area contributed by atoms with Gasteiger partial charge in [0, 0.05) is 20.1 Å². The van der Waals surface area contributed by atoms with Crippen molar-refractivity contribution in [1.29, 1.82) is 0 Å². The average Bonchev–Trinajstić information content (AvgIpc) is 2.66. The Bertz CT molecular complexity index is 827. The fourth-order valence-electron chi connectivity index (χ4n) is 3.16. The summed E-state index contributed by atoms with van der Waals surface area (Å²) in [6, 6.07) is 15.6. The number of rotatable bonds is 9. The molecule has 0 aliphatic carbocycles. The summed E-state index contributed by atoms with van der Waals surface area (Å²) in [5.74, 6) is 0.701. The monoisotopic (exact) mass is 397 g/mol. The summed E-state index contributed by atoms with van der Waals surface area (Å²) < 4.78 is 5.29. The largest absolute Gasteiger partial charge is 0.497 e. The summed E-state index contributed by atoms with van der Waals surface area (Å²) in [7, 11) is 0.130. The number of carbonyl (C=O) groups is 2. The van der Waals surface area contributed by atoms with Crippen LogP contribution in [0.2, 0.25) is 25.7 Å². The summed E-state index contributed by atoms with van der Waals surface area (Å²) >= 11 is 0. The number of benzene rings is 2. The van der Waals surface area contributed by atoms with Gasteiger partial charge in [-0.05, 0) is 47.9 Å². The van der Waals surface area contributed by atoms with Crippen LogP contribution in [0.5, 0.6) is 5.75 Å². The molecule has 1 atom stereocenters. The summed E-state index contributed by atoms with van der Waals surface area (Å²) in [6.45, 7) is 8.64. The highest BCUT2D eigenvalue weighted by Gasteiger charge is 2.27. The van der Waals surface area contributed by atoms with E-state index in [9.17, 15) is 9.59 Å². The van der Waals surface area contributed by atoms with Gasteiger partial charge in [0.2, 0.25) is 0 Å². The van der Waals surface area contributed by atoms with Gasteiger partial charge in [-0.25, -0.2) is 0 Å². The molecule has 2 aromatic rings. The number of hydrogen-bond donors (Lipinski definition) is 1. The van der Waals surface area contributed by atoms with Crippen LogP contribution in [-0.4, -0.2) is 32.9 Å². The van der Waals surface area contributed by atoms with Crippen molar-refractivity contribution in [3.8, 4) is 16.9 Å². The van der Waals surface area contributed by atoms with Crippen molar-refractivity contribution in [2.75, 3.05) is 7.11 Å². The molecule has 0 heterocycles. The van der Waals surface area contributed by atoms with Crippen LogP contribution in [-0.2, 0) is 4.79 Å². The van der Waals surface area contributed by atoms with Gasteiger partial charge in [0.05, 0.1) is 13.2 Å². The molecule has 0 aliphatic rings. The molecule has 1 N–H and O–H groups in total. The Morgan fingerprint density at radius 1 is 1.04 bits per heavy atom. The van der Waals surface area contributed by atoms with Gasteiger partial charge in [0.1, 0.15) is 5.75 Å². The van der Waals surface area contributed by atoms with Crippen molar-refractivity contribution >= 4 is 19.8 Å². The molecule has 0 aromatic heterocycles. The molecule has 28 heavy (non-hydrogen) atoms. The van der Waals surface area contributed by atoms with E-state index in [1.807, 2.05) is 49.4 Å². The van der Waals surface area contributed by atoms with Crippen LogP contribution in [0.25, 0.3) is 11.1 Å². The van der Waals surface area contributed by atoms with E-state index in [0.29, 0.717) is 12.0 Å². The zero-order chi connectivity index (χ0) is 20.7. The Balaban J connectivity index is 2.23. The Labute approximate surface area is 169 Å². The lowest BCUT2D eigenvalue weighted by Crippen LogP contribution is -2.45. The van der Waals surface area contributed by atoms with Crippen molar-refractivity contribution in [1.82, 2.24) is 5.32 Å². The molecule has 0 saturated carbocycles. The highest BCUT2D eigenvalue weighted by atomic mass is 28.3. The lowest BCUT2D eigenvalue weighted by Gasteiger charge is -2.24. The van der Waals surface area contributed by atoms with Crippen LogP contribution < -0.4 is 10.1 Å². The van der Waals surface area contributed by atoms with E-state index in [2.05, 4.69) is 25.0 Å². The molecule has 2 rings (SSSR count). The highest BCUT2D eigenvalue weighted by Crippen LogP contribution is 2.24. The van der Waals surface area contributed by atoms with E-state index in [-0.39, 0.29) is 11.7 Å². The van der Waals surface area contributed by atoms with Gasteiger partial charge in [-0.1, -0.05) is 50.8 Å². The number of amides is 1. The van der Waals surface area contributed by atoms with Crippen LogP contribution in [0, 0.1) is 0 Å². The number of ether oxygens (including phenoxy) is 1. The number of hydrogen-bond acceptors (Lipinski definition) is 3. The molecule has 0 spiro atoms. The van der Waals surface area contributed by atoms with Crippen LogP contribution in [0.4, 0.5) is 0 Å². The maximum absolute atomic E-state index is 12.9. The molecule has 2 aromatic carbocycles. The van der Waals surface area contributed by atoms with E-state index in [1.165, 1.54) is 0 Å². The number of nitrogens with one attached hydrogen (secondary N) is 1. The van der Waals surface area contributed by atoms with Gasteiger partial charge < -0.3 is 10.1 Å². The fourth-order valence-corrected chi connectivity index (χ4v) is 4.72. The first-order valence-corrected chi connectivity index (χ1v) is 13.5. The molecule has 150 valence electrons. The number of methoxy groups -OCH3 is 1. The predicted molar refractivity (Wildman–Crippen MR) is 118 cm³/mol. The lowest BCUT2D eigenvalue weighted by molar-refractivity contribution is -0.120. The fraction of sp³-hybridized carbons (Fsp3) is 0.391. The first-order chi connectivity index (χ1) is 13.2. The molecule has 4 nitrogen and oxygen atoms in total. The maximum atomic E-state index is 12.9. The number of carbonyl (C=O) groups excluding carboxylic acids is 2. The van der Waals surface area contributed by atoms with Crippen molar-refractivity contribution in [2.24, 2.45) is 0 Å². The first kappa shape index (κ1) is 21.9. The molecule has 0 aliphatic heterocycles. The van der Waals surface area contributed by atoms with E-state index in [0.717, 1.165) is 29.3 Å². The van der Waals surface area contributed by atoms with Crippen LogP contribution in [0.15, 0.2) is 48.5 Å². The Hall–Kier alpha value is -2.40. The minimum Gasteiger partial charge on any atom is -0.497 e. The average molecular weight is 398 g/mol. The van der Waals surface area contributed by atoms with Crippen LogP contribution >= 0.6 is 0 Å². The molecule has 0 radical (unpaired) electrons. The third-order valence-corrected chi connectivity index (χ3v) is 6.17. The third-order valence-electron chi connectivity index (χ3n) is 4.53. The molecular formula is C23H31NO3Si. The molecular weight excluding hydrogens is 366 g/mol. The second kappa shape index (κ2) is 9.69. The Morgan fingerprint density at radius 2 is 1.68 bits per heavy atom. The quantitative estimate of drug-likeness (QED) is 0.594. The minimum absolute atomic E-state index is 0.127. The molecule has 0 fully saturated rings. The Kier molecular flexibility index (Phi) is 7.58. The zero-order valence-electron chi connectivity index (χ0n) is 17.5. The maximum Gasteiger partial charge on any atom is 0.251 e. The van der Waals surface area contributed by atoms with Gasteiger partial charge in [0.15, 0.2) is 5.78 Å². The van der Waals surface area contributed by atoms with E-state index in [4.69, 9.17) is 4.74 Å². The van der Waals surface area contributed by atoms with Gasteiger partial charge in [-0.15, -0.1) is 0 Å². The van der Waals surface area contributed by atoms with Crippen molar-refractivity contribution in [3.63, 3.8) is 0 Å². The second-order valence-electron chi connectivity index (χ2n) is 8.32. The molecule has 0 unspecified atom stereocenters. The first-order valence-electron chi connectivity index (χ1n) is 9.81. The van der Waals surface area contributed by atoms with E-state index >= 15 is 0 Å². The summed E-state index contributed by atoms with van der Waals surface area (Å²) in [5, 5.41) is 3.00. The van der Waals surface area contributed by atoms with Crippen LogP contribution in [0.1, 0.15) is 30.1 Å². The summed E-state index contributed by atoms with van der Waals surface area (Å²) in [6.07, 6.45) is 1.29. The molecule has 0 saturated heterocycles. The number of ketones is 1. The van der Waals surface area contributed by atoms with Crippen molar-refractivity contribution < 1.29 is 14.3 Å². The normalized spacial score (nSPS) is 12.3. The van der Waals surface area contributed by atoms with Gasteiger partial charge >= 0.3 is 0 Å². The predicted octanol–water partition coefficient (Wildman–Crippen LogP) is 5.17. The van der Waals surface area contributed by atoms with Gasteiger partial charge in [-0.2, -0.15) is 0 Å². The molecule has 0 bridgehead atoms.